The molecule has 0 aliphatic heterocycles. The maximum Gasteiger partial charge on any atom is 0.233 e. The van der Waals surface area contributed by atoms with Gasteiger partial charge in [0.2, 0.25) is 5.91 Å². The van der Waals surface area contributed by atoms with Crippen molar-refractivity contribution >= 4 is 17.7 Å². The van der Waals surface area contributed by atoms with Crippen molar-refractivity contribution < 1.29 is 4.79 Å². The zero-order chi connectivity index (χ0) is 13.7. The van der Waals surface area contributed by atoms with E-state index in [-0.39, 0.29) is 11.2 Å². The predicted octanol–water partition coefficient (Wildman–Crippen LogP) is 3.68. The Kier molecular flexibility index (Phi) is 5.32. The van der Waals surface area contributed by atoms with Crippen LogP contribution in [0.3, 0.4) is 0 Å². The van der Waals surface area contributed by atoms with Crippen LogP contribution < -0.4 is 5.32 Å². The molecule has 0 aromatic heterocycles. The van der Waals surface area contributed by atoms with E-state index in [1.54, 1.807) is 11.8 Å². The van der Waals surface area contributed by atoms with Crippen LogP contribution in [0.4, 0.5) is 0 Å². The van der Waals surface area contributed by atoms with E-state index in [2.05, 4.69) is 36.5 Å². The molecule has 2 rings (SSSR count). The van der Waals surface area contributed by atoms with Crippen LogP contribution in [-0.2, 0) is 10.5 Å². The Morgan fingerprint density at radius 3 is 2.84 bits per heavy atom. The van der Waals surface area contributed by atoms with Crippen LogP contribution in [0.25, 0.3) is 0 Å². The van der Waals surface area contributed by atoms with Gasteiger partial charge >= 0.3 is 0 Å². The van der Waals surface area contributed by atoms with Crippen LogP contribution in [-0.4, -0.2) is 17.2 Å². The standard InChI is InChI=1S/C16H23NOS/c1-12-6-5-7-14(10-12)11-19-13(2)16(18)17-15-8-3-4-9-15/h5-7,10,13,15H,3-4,8-9,11H2,1-2H3,(H,17,18). The normalized spacial score (nSPS) is 17.4. The van der Waals surface area contributed by atoms with E-state index in [0.29, 0.717) is 6.04 Å². The first-order valence-corrected chi connectivity index (χ1v) is 8.17. The van der Waals surface area contributed by atoms with Crippen LogP contribution in [0.15, 0.2) is 24.3 Å². The second-order valence-corrected chi connectivity index (χ2v) is 6.76. The number of thioether (sulfide) groups is 1. The molecule has 1 aliphatic carbocycles. The summed E-state index contributed by atoms with van der Waals surface area (Å²) < 4.78 is 0. The number of nitrogens with one attached hydrogen (secondary N) is 1. The van der Waals surface area contributed by atoms with Crippen molar-refractivity contribution in [1.29, 1.82) is 0 Å². The number of rotatable bonds is 5. The highest BCUT2D eigenvalue weighted by Crippen LogP contribution is 2.21. The fourth-order valence-corrected chi connectivity index (χ4v) is 3.33. The van der Waals surface area contributed by atoms with E-state index in [0.717, 1.165) is 18.6 Å². The Balaban J connectivity index is 1.76. The molecule has 1 aliphatic rings. The minimum atomic E-state index is 0.0288. The average molecular weight is 277 g/mol. The quantitative estimate of drug-likeness (QED) is 0.889. The topological polar surface area (TPSA) is 29.1 Å². The summed E-state index contributed by atoms with van der Waals surface area (Å²) in [4.78, 5) is 12.1. The fourth-order valence-electron chi connectivity index (χ4n) is 2.49. The molecule has 1 atom stereocenters. The van der Waals surface area contributed by atoms with Gasteiger partial charge in [-0.25, -0.2) is 0 Å². The summed E-state index contributed by atoms with van der Waals surface area (Å²) in [6, 6.07) is 8.92. The lowest BCUT2D eigenvalue weighted by molar-refractivity contribution is -0.120. The second kappa shape index (κ2) is 6.99. The highest BCUT2D eigenvalue weighted by molar-refractivity contribution is 7.99. The zero-order valence-electron chi connectivity index (χ0n) is 11.8. The van der Waals surface area contributed by atoms with Crippen molar-refractivity contribution in [2.75, 3.05) is 0 Å². The number of amides is 1. The molecule has 0 bridgehead atoms. The third-order valence-electron chi connectivity index (χ3n) is 3.65. The van der Waals surface area contributed by atoms with Crippen molar-refractivity contribution in [3.05, 3.63) is 35.4 Å². The second-order valence-electron chi connectivity index (χ2n) is 5.43. The summed E-state index contributed by atoms with van der Waals surface area (Å²) in [5.74, 6) is 1.10. The van der Waals surface area contributed by atoms with Crippen molar-refractivity contribution in [2.45, 2.75) is 56.6 Å². The van der Waals surface area contributed by atoms with Gasteiger partial charge in [0.25, 0.3) is 0 Å². The third-order valence-corrected chi connectivity index (χ3v) is 4.87. The highest BCUT2D eigenvalue weighted by Gasteiger charge is 2.20. The highest BCUT2D eigenvalue weighted by atomic mass is 32.2. The van der Waals surface area contributed by atoms with E-state index in [1.807, 2.05) is 6.92 Å². The molecular weight excluding hydrogens is 254 g/mol. The predicted molar refractivity (Wildman–Crippen MR) is 82.3 cm³/mol. The van der Waals surface area contributed by atoms with E-state index < -0.39 is 0 Å². The van der Waals surface area contributed by atoms with Gasteiger partial charge in [0.05, 0.1) is 5.25 Å². The van der Waals surface area contributed by atoms with Gasteiger partial charge in [-0.3, -0.25) is 4.79 Å². The maximum atomic E-state index is 12.1. The Morgan fingerprint density at radius 1 is 1.42 bits per heavy atom. The monoisotopic (exact) mass is 277 g/mol. The first-order valence-electron chi connectivity index (χ1n) is 7.12. The smallest absolute Gasteiger partial charge is 0.233 e. The number of hydrogen-bond acceptors (Lipinski definition) is 2. The van der Waals surface area contributed by atoms with Gasteiger partial charge in [0.1, 0.15) is 0 Å². The molecule has 1 aromatic rings. The Labute approximate surface area is 120 Å². The first-order chi connectivity index (χ1) is 9.15. The lowest BCUT2D eigenvalue weighted by Crippen LogP contribution is -2.37. The van der Waals surface area contributed by atoms with Gasteiger partial charge < -0.3 is 5.32 Å². The summed E-state index contributed by atoms with van der Waals surface area (Å²) in [6.07, 6.45) is 4.83. The SMILES string of the molecule is Cc1cccc(CSC(C)C(=O)NC2CCCC2)c1. The van der Waals surface area contributed by atoms with E-state index in [4.69, 9.17) is 0 Å². The molecule has 2 nitrogen and oxygen atoms in total. The molecule has 1 fully saturated rings. The number of carbonyl (C=O) groups excluding carboxylic acids is 1. The summed E-state index contributed by atoms with van der Waals surface area (Å²) in [5.41, 5.74) is 2.58. The Morgan fingerprint density at radius 2 is 2.16 bits per heavy atom. The van der Waals surface area contributed by atoms with Crippen LogP contribution in [0.5, 0.6) is 0 Å². The molecule has 19 heavy (non-hydrogen) atoms. The van der Waals surface area contributed by atoms with E-state index in [9.17, 15) is 4.79 Å². The van der Waals surface area contributed by atoms with Crippen LogP contribution in [0.2, 0.25) is 0 Å². The molecule has 1 saturated carbocycles. The Bertz CT molecular complexity index is 427. The molecular formula is C16H23NOS. The van der Waals surface area contributed by atoms with E-state index in [1.165, 1.54) is 24.0 Å². The van der Waals surface area contributed by atoms with E-state index >= 15 is 0 Å². The average Bonchev–Trinajstić information content (AvgIpc) is 2.89. The van der Waals surface area contributed by atoms with Crippen LogP contribution in [0.1, 0.15) is 43.7 Å². The molecule has 0 heterocycles. The first kappa shape index (κ1) is 14.4. The molecule has 0 radical (unpaired) electrons. The fraction of sp³-hybridized carbons (Fsp3) is 0.562. The number of benzene rings is 1. The minimum absolute atomic E-state index is 0.0288. The van der Waals surface area contributed by atoms with Crippen molar-refractivity contribution in [2.24, 2.45) is 0 Å². The van der Waals surface area contributed by atoms with Crippen LogP contribution in [0, 0.1) is 6.92 Å². The molecule has 0 spiro atoms. The van der Waals surface area contributed by atoms with Gasteiger partial charge in [0, 0.05) is 11.8 Å². The number of carbonyl (C=O) groups is 1. The summed E-state index contributed by atoms with van der Waals surface area (Å²) in [6.45, 7) is 4.11. The lowest BCUT2D eigenvalue weighted by Gasteiger charge is -2.16. The van der Waals surface area contributed by atoms with Crippen molar-refractivity contribution in [3.63, 3.8) is 0 Å². The molecule has 104 valence electrons. The Hall–Kier alpha value is -0.960. The van der Waals surface area contributed by atoms with Gasteiger partial charge in [-0.1, -0.05) is 42.7 Å². The van der Waals surface area contributed by atoms with Crippen molar-refractivity contribution in [3.8, 4) is 0 Å². The van der Waals surface area contributed by atoms with Gasteiger partial charge in [0.15, 0.2) is 0 Å². The maximum absolute atomic E-state index is 12.1. The number of aryl methyl sites for hydroxylation is 1. The largest absolute Gasteiger partial charge is 0.352 e. The zero-order valence-corrected chi connectivity index (χ0v) is 12.6. The molecule has 1 aromatic carbocycles. The molecule has 0 saturated heterocycles. The number of hydrogen-bond donors (Lipinski definition) is 1. The minimum Gasteiger partial charge on any atom is -0.352 e. The summed E-state index contributed by atoms with van der Waals surface area (Å²) in [7, 11) is 0. The molecule has 1 unspecified atom stereocenters. The molecule has 3 heteroatoms. The van der Waals surface area contributed by atoms with Gasteiger partial charge in [-0.05, 0) is 32.3 Å². The van der Waals surface area contributed by atoms with Gasteiger partial charge in [-0.15, -0.1) is 11.8 Å². The van der Waals surface area contributed by atoms with Gasteiger partial charge in [-0.2, -0.15) is 0 Å². The molecule has 1 amide bonds. The third kappa shape index (κ3) is 4.57. The summed E-state index contributed by atoms with van der Waals surface area (Å²) >= 11 is 1.72. The van der Waals surface area contributed by atoms with Crippen molar-refractivity contribution in [1.82, 2.24) is 5.32 Å². The lowest BCUT2D eigenvalue weighted by atomic mass is 10.2. The summed E-state index contributed by atoms with van der Waals surface area (Å²) in [5, 5.41) is 3.20. The molecule has 1 N–H and O–H groups in total. The van der Waals surface area contributed by atoms with Crippen LogP contribution >= 0.6 is 11.8 Å².